The number of hydrogen-bond donors (Lipinski definition) is 0. The van der Waals surface area contributed by atoms with Crippen LogP contribution in [0.1, 0.15) is 232 Å². The zero-order valence-electron chi connectivity index (χ0n) is 29.2. The molecule has 0 saturated heterocycles. The number of carbonyl (C=O) groups excluding carboxylic acids is 1. The zero-order valence-corrected chi connectivity index (χ0v) is 29.2. The molecule has 0 aromatic rings. The molecule has 0 aliphatic heterocycles. The summed E-state index contributed by atoms with van der Waals surface area (Å²) in [6.07, 6.45) is 50.1. The average molecular weight is 591 g/mol. The van der Waals surface area contributed by atoms with Gasteiger partial charge in [0.15, 0.2) is 0 Å². The number of carbonyl (C=O) groups is 1. The maximum absolute atomic E-state index is 11.9. The van der Waals surface area contributed by atoms with Crippen molar-refractivity contribution in [2.24, 2.45) is 0 Å². The first-order chi connectivity index (χ1) is 20.8. The molecule has 2 heteroatoms. The van der Waals surface area contributed by atoms with Crippen LogP contribution in [0, 0.1) is 0 Å². The Morgan fingerprint density at radius 2 is 0.667 bits per heavy atom. The van der Waals surface area contributed by atoms with Crippen molar-refractivity contribution in [3.8, 4) is 0 Å². The quantitative estimate of drug-likeness (QED) is 0.0412. The second-order valence-corrected chi connectivity index (χ2v) is 13.3. The van der Waals surface area contributed by atoms with E-state index >= 15 is 0 Å². The lowest BCUT2D eigenvalue weighted by molar-refractivity contribution is -0.143. The largest absolute Gasteiger partial charge is 0.466 e. The van der Waals surface area contributed by atoms with E-state index in [1.54, 1.807) is 0 Å². The highest BCUT2D eigenvalue weighted by molar-refractivity contribution is 5.69. The van der Waals surface area contributed by atoms with Gasteiger partial charge in [-0.2, -0.15) is 0 Å². The molecular weight excluding hydrogens is 512 g/mol. The van der Waals surface area contributed by atoms with Crippen LogP contribution in [0.15, 0.2) is 12.2 Å². The monoisotopic (exact) mass is 591 g/mol. The molecule has 0 aliphatic carbocycles. The Morgan fingerprint density at radius 1 is 0.381 bits per heavy atom. The SMILES string of the molecule is CCCCCC/C=C\CCCCCCCCOC(=O)CCCCCCCCCCCCCCCCCCCCCCC. The lowest BCUT2D eigenvalue weighted by Gasteiger charge is -2.05. The van der Waals surface area contributed by atoms with Crippen LogP contribution in [-0.2, 0) is 9.53 Å². The molecule has 0 radical (unpaired) electrons. The van der Waals surface area contributed by atoms with Gasteiger partial charge < -0.3 is 4.74 Å². The van der Waals surface area contributed by atoms with Crippen molar-refractivity contribution in [1.82, 2.24) is 0 Å². The molecule has 0 aromatic carbocycles. The Labute approximate surface area is 266 Å². The van der Waals surface area contributed by atoms with Crippen LogP contribution >= 0.6 is 0 Å². The molecule has 0 heterocycles. The number of hydrogen-bond acceptors (Lipinski definition) is 2. The van der Waals surface area contributed by atoms with Gasteiger partial charge in [0.05, 0.1) is 6.61 Å². The zero-order chi connectivity index (χ0) is 30.4. The van der Waals surface area contributed by atoms with Crippen molar-refractivity contribution >= 4 is 5.97 Å². The maximum Gasteiger partial charge on any atom is 0.305 e. The fourth-order valence-corrected chi connectivity index (χ4v) is 5.96. The second-order valence-electron chi connectivity index (χ2n) is 13.3. The number of unbranched alkanes of at least 4 members (excludes halogenated alkanes) is 30. The van der Waals surface area contributed by atoms with Gasteiger partial charge >= 0.3 is 5.97 Å². The molecule has 0 rings (SSSR count). The molecule has 0 spiro atoms. The number of allylic oxidation sites excluding steroid dienone is 2. The minimum atomic E-state index is 0.0225. The average Bonchev–Trinajstić information content (AvgIpc) is 3.00. The number of rotatable bonds is 36. The second kappa shape index (κ2) is 38.2. The number of ether oxygens (including phenoxy) is 1. The first-order valence-electron chi connectivity index (χ1n) is 19.6. The van der Waals surface area contributed by atoms with Crippen LogP contribution < -0.4 is 0 Å². The fraction of sp³-hybridized carbons (Fsp3) is 0.925. The van der Waals surface area contributed by atoms with Crippen LogP contribution in [0.3, 0.4) is 0 Å². The summed E-state index contributed by atoms with van der Waals surface area (Å²) in [7, 11) is 0. The lowest BCUT2D eigenvalue weighted by atomic mass is 10.0. The lowest BCUT2D eigenvalue weighted by Crippen LogP contribution is -2.05. The van der Waals surface area contributed by atoms with Gasteiger partial charge in [0.2, 0.25) is 0 Å². The number of esters is 1. The van der Waals surface area contributed by atoms with E-state index < -0.39 is 0 Å². The van der Waals surface area contributed by atoms with Crippen molar-refractivity contribution < 1.29 is 9.53 Å². The fourth-order valence-electron chi connectivity index (χ4n) is 5.96. The summed E-state index contributed by atoms with van der Waals surface area (Å²) in [5, 5.41) is 0. The topological polar surface area (TPSA) is 26.3 Å². The molecule has 250 valence electrons. The Kier molecular flexibility index (Phi) is 37.5. The molecule has 0 amide bonds. The molecule has 0 unspecified atom stereocenters. The summed E-state index contributed by atoms with van der Waals surface area (Å²) < 4.78 is 5.44. The summed E-state index contributed by atoms with van der Waals surface area (Å²) in [5.41, 5.74) is 0. The summed E-state index contributed by atoms with van der Waals surface area (Å²) in [5.74, 6) is 0.0225. The van der Waals surface area contributed by atoms with E-state index in [-0.39, 0.29) is 5.97 Å². The van der Waals surface area contributed by atoms with Gasteiger partial charge in [0.25, 0.3) is 0 Å². The smallest absolute Gasteiger partial charge is 0.305 e. The summed E-state index contributed by atoms with van der Waals surface area (Å²) in [4.78, 5) is 11.9. The normalized spacial score (nSPS) is 11.6. The molecule has 0 fully saturated rings. The van der Waals surface area contributed by atoms with Crippen LogP contribution in [-0.4, -0.2) is 12.6 Å². The highest BCUT2D eigenvalue weighted by atomic mass is 16.5. The summed E-state index contributed by atoms with van der Waals surface area (Å²) >= 11 is 0. The summed E-state index contributed by atoms with van der Waals surface area (Å²) in [6, 6.07) is 0. The van der Waals surface area contributed by atoms with E-state index in [1.807, 2.05) is 0 Å². The Hall–Kier alpha value is -0.790. The minimum absolute atomic E-state index is 0.0225. The van der Waals surface area contributed by atoms with Gasteiger partial charge in [-0.1, -0.05) is 199 Å². The first kappa shape index (κ1) is 41.2. The molecule has 2 nitrogen and oxygen atoms in total. The first-order valence-corrected chi connectivity index (χ1v) is 19.6. The maximum atomic E-state index is 11.9. The highest BCUT2D eigenvalue weighted by Crippen LogP contribution is 2.15. The predicted octanol–water partition coefficient (Wildman–Crippen LogP) is 14.4. The molecule has 0 aromatic heterocycles. The Bertz CT molecular complexity index is 526. The van der Waals surface area contributed by atoms with Crippen LogP contribution in [0.25, 0.3) is 0 Å². The molecule has 42 heavy (non-hydrogen) atoms. The predicted molar refractivity (Wildman–Crippen MR) is 188 cm³/mol. The van der Waals surface area contributed by atoms with Crippen molar-refractivity contribution in [2.75, 3.05) is 6.61 Å². The molecule has 0 bridgehead atoms. The Balaban J connectivity index is 3.16. The van der Waals surface area contributed by atoms with E-state index in [1.165, 1.54) is 199 Å². The molecule has 0 atom stereocenters. The van der Waals surface area contributed by atoms with Gasteiger partial charge in [0, 0.05) is 6.42 Å². The van der Waals surface area contributed by atoms with Gasteiger partial charge in [-0.3, -0.25) is 4.79 Å². The van der Waals surface area contributed by atoms with E-state index in [9.17, 15) is 4.79 Å². The van der Waals surface area contributed by atoms with E-state index in [4.69, 9.17) is 4.74 Å². The highest BCUT2D eigenvalue weighted by Gasteiger charge is 2.03. The van der Waals surface area contributed by atoms with Crippen molar-refractivity contribution in [2.45, 2.75) is 232 Å². The third-order valence-corrected chi connectivity index (χ3v) is 8.90. The van der Waals surface area contributed by atoms with E-state index in [0.717, 1.165) is 12.8 Å². The van der Waals surface area contributed by atoms with Gasteiger partial charge in [-0.15, -0.1) is 0 Å². The van der Waals surface area contributed by atoms with Crippen LogP contribution in [0.4, 0.5) is 0 Å². The Morgan fingerprint density at radius 3 is 1.05 bits per heavy atom. The van der Waals surface area contributed by atoms with Crippen LogP contribution in [0.2, 0.25) is 0 Å². The van der Waals surface area contributed by atoms with Crippen molar-refractivity contribution in [3.63, 3.8) is 0 Å². The van der Waals surface area contributed by atoms with E-state index in [2.05, 4.69) is 26.0 Å². The van der Waals surface area contributed by atoms with Gasteiger partial charge in [-0.05, 0) is 38.5 Å². The molecule has 0 N–H and O–H groups in total. The van der Waals surface area contributed by atoms with Crippen LogP contribution in [0.5, 0.6) is 0 Å². The summed E-state index contributed by atoms with van der Waals surface area (Å²) in [6.45, 7) is 5.19. The van der Waals surface area contributed by atoms with Gasteiger partial charge in [-0.25, -0.2) is 0 Å². The van der Waals surface area contributed by atoms with Gasteiger partial charge in [0.1, 0.15) is 0 Å². The van der Waals surface area contributed by atoms with Crippen molar-refractivity contribution in [1.29, 1.82) is 0 Å². The third kappa shape index (κ3) is 37.2. The molecule has 0 saturated carbocycles. The third-order valence-electron chi connectivity index (χ3n) is 8.90. The standard InChI is InChI=1S/C40H78O2/c1-3-5-7-9-11-13-15-17-19-20-21-22-23-24-25-26-28-30-32-34-36-38-40(41)42-39-37-35-33-31-29-27-18-16-14-12-10-8-6-4-2/h14,16H,3-13,15,17-39H2,1-2H3/b16-14-. The van der Waals surface area contributed by atoms with Crippen molar-refractivity contribution in [3.05, 3.63) is 12.2 Å². The van der Waals surface area contributed by atoms with E-state index in [0.29, 0.717) is 13.0 Å². The molecule has 0 aliphatic rings. The molecular formula is C40H78O2. The minimum Gasteiger partial charge on any atom is -0.466 e.